The van der Waals surface area contributed by atoms with Gasteiger partial charge < -0.3 is 13.9 Å². The lowest BCUT2D eigenvalue weighted by molar-refractivity contribution is 0.670. The molecule has 14 rings (SSSR count). The molecule has 0 fully saturated rings. The molecule has 0 radical (unpaired) electrons. The summed E-state index contributed by atoms with van der Waals surface area (Å²) in [7, 11) is 0. The van der Waals surface area contributed by atoms with E-state index in [1.165, 1.54) is 54.5 Å². The van der Waals surface area contributed by atoms with Crippen LogP contribution in [0, 0.1) is 0 Å². The molecule has 3 heteroatoms. The summed E-state index contributed by atoms with van der Waals surface area (Å²) in [4.78, 5) is 2.38. The van der Waals surface area contributed by atoms with Gasteiger partial charge in [0, 0.05) is 49.7 Å². The van der Waals surface area contributed by atoms with Crippen LogP contribution >= 0.6 is 0 Å². The van der Waals surface area contributed by atoms with Crippen LogP contribution in [-0.2, 0) is 0 Å². The van der Waals surface area contributed by atoms with Gasteiger partial charge in [-0.3, -0.25) is 0 Å². The van der Waals surface area contributed by atoms with Crippen molar-refractivity contribution in [1.82, 2.24) is 4.57 Å². The van der Waals surface area contributed by atoms with E-state index in [0.717, 1.165) is 78.1 Å². The van der Waals surface area contributed by atoms with Gasteiger partial charge in [-0.05, 0) is 122 Å². The van der Waals surface area contributed by atoms with Crippen LogP contribution in [0.25, 0.3) is 115 Å². The summed E-state index contributed by atoms with van der Waals surface area (Å²) in [6.45, 7) is 0. The number of para-hydroxylation sites is 4. The fourth-order valence-electron chi connectivity index (χ4n) is 11.0. The minimum atomic E-state index is 0.905. The van der Waals surface area contributed by atoms with Gasteiger partial charge in [-0.15, -0.1) is 0 Å². The van der Waals surface area contributed by atoms with Crippen LogP contribution in [0.15, 0.2) is 271 Å². The van der Waals surface area contributed by atoms with Crippen LogP contribution in [0.4, 0.5) is 17.1 Å². The summed E-state index contributed by atoms with van der Waals surface area (Å²) in [6.07, 6.45) is 0. The van der Waals surface area contributed by atoms with Crippen molar-refractivity contribution in [3.05, 3.63) is 267 Å². The monoisotopic (exact) mass is 904 g/mol. The Bertz CT molecular complexity index is 4280. The first-order valence-electron chi connectivity index (χ1n) is 24.3. The zero-order chi connectivity index (χ0) is 46.8. The van der Waals surface area contributed by atoms with Crippen molar-refractivity contribution >= 4 is 82.4 Å². The fourth-order valence-corrected chi connectivity index (χ4v) is 11.0. The lowest BCUT2D eigenvalue weighted by Gasteiger charge is -2.26. The molecule has 14 aromatic rings. The molecule has 2 aromatic heterocycles. The van der Waals surface area contributed by atoms with Gasteiger partial charge in [0.15, 0.2) is 0 Å². The van der Waals surface area contributed by atoms with E-state index in [1.54, 1.807) is 0 Å². The molecule has 0 N–H and O–H groups in total. The summed E-state index contributed by atoms with van der Waals surface area (Å²) in [6, 6.07) is 96.8. The van der Waals surface area contributed by atoms with Gasteiger partial charge in [-0.25, -0.2) is 0 Å². The van der Waals surface area contributed by atoms with Gasteiger partial charge in [0.05, 0.1) is 16.7 Å². The molecule has 0 saturated heterocycles. The molecular formula is C68H44N2O. The highest BCUT2D eigenvalue weighted by molar-refractivity contribution is 6.12. The Balaban J connectivity index is 0.882. The molecule has 0 spiro atoms. The Labute approximate surface area is 411 Å². The molecule has 332 valence electrons. The summed E-state index contributed by atoms with van der Waals surface area (Å²) in [5.74, 6) is 0. The van der Waals surface area contributed by atoms with Gasteiger partial charge in [0.2, 0.25) is 0 Å². The number of nitrogens with zero attached hydrogens (tertiary/aromatic N) is 2. The topological polar surface area (TPSA) is 21.3 Å². The Hall–Kier alpha value is -9.44. The third-order valence-corrected chi connectivity index (χ3v) is 14.4. The van der Waals surface area contributed by atoms with E-state index >= 15 is 0 Å². The second-order valence-electron chi connectivity index (χ2n) is 18.5. The number of rotatable bonds is 8. The predicted octanol–water partition coefficient (Wildman–Crippen LogP) is 19.1. The summed E-state index contributed by atoms with van der Waals surface area (Å²) >= 11 is 0. The average Bonchev–Trinajstić information content (AvgIpc) is 4.00. The molecule has 0 atom stereocenters. The average molecular weight is 905 g/mol. The molecular weight excluding hydrogens is 861 g/mol. The normalized spacial score (nSPS) is 11.7. The zero-order valence-electron chi connectivity index (χ0n) is 38.7. The lowest BCUT2D eigenvalue weighted by Crippen LogP contribution is -2.10. The number of fused-ring (bicyclic) bond motifs is 9. The number of hydrogen-bond donors (Lipinski definition) is 0. The van der Waals surface area contributed by atoms with Gasteiger partial charge >= 0.3 is 0 Å². The molecule has 0 saturated carbocycles. The smallest absolute Gasteiger partial charge is 0.143 e. The molecule has 0 amide bonds. The Morgan fingerprint density at radius 1 is 0.282 bits per heavy atom. The first kappa shape index (κ1) is 40.6. The number of aromatic nitrogens is 1. The Morgan fingerprint density at radius 3 is 1.59 bits per heavy atom. The van der Waals surface area contributed by atoms with Crippen LogP contribution in [-0.4, -0.2) is 4.57 Å². The van der Waals surface area contributed by atoms with Crippen molar-refractivity contribution in [1.29, 1.82) is 0 Å². The highest BCUT2D eigenvalue weighted by Gasteiger charge is 2.20. The SMILES string of the molecule is c1ccc(-c2ccc(-c3ccc(N(c4ccc(-c5cccc(-c6cccc7c6oc6ccccc67)c5)cc4)c4ccc5c(ccc6ccccc65)c4)cc3)c(-n3c4ccccc4c4ccccc43)c2)cc1. The molecule has 3 nitrogen and oxygen atoms in total. The zero-order valence-corrected chi connectivity index (χ0v) is 38.7. The molecule has 0 bridgehead atoms. The van der Waals surface area contributed by atoms with Crippen molar-refractivity contribution in [2.75, 3.05) is 4.90 Å². The maximum atomic E-state index is 6.46. The third-order valence-electron chi connectivity index (χ3n) is 14.4. The lowest BCUT2D eigenvalue weighted by atomic mass is 9.97. The first-order chi connectivity index (χ1) is 35.2. The van der Waals surface area contributed by atoms with E-state index < -0.39 is 0 Å². The Morgan fingerprint density at radius 2 is 0.817 bits per heavy atom. The Kier molecular flexibility index (Phi) is 9.53. The first-order valence-corrected chi connectivity index (χ1v) is 24.3. The largest absolute Gasteiger partial charge is 0.455 e. The van der Waals surface area contributed by atoms with Gasteiger partial charge in [-0.1, -0.05) is 200 Å². The minimum Gasteiger partial charge on any atom is -0.455 e. The second-order valence-corrected chi connectivity index (χ2v) is 18.5. The molecule has 0 unspecified atom stereocenters. The van der Waals surface area contributed by atoms with Crippen LogP contribution in [0.3, 0.4) is 0 Å². The maximum Gasteiger partial charge on any atom is 0.143 e. The van der Waals surface area contributed by atoms with Crippen LogP contribution in [0.5, 0.6) is 0 Å². The standard InChI is InChI=1S/C68H44N2O/c1-2-14-45(15-3-1)50-34-40-58(66(44-50)70-64-25-9-6-20-60(64)61-21-7-10-26-65(61)70)48-32-37-54(38-33-48)69(55-39-41-57-52(43-55)29-28-47-16-4-5-19-56(47)57)53-35-30-46(31-36-53)49-17-12-18-51(42-49)59-23-13-24-63-62-22-8-11-27-67(62)71-68(59)63/h1-44H. The molecule has 71 heavy (non-hydrogen) atoms. The number of benzene rings is 12. The van der Waals surface area contributed by atoms with Crippen molar-refractivity contribution in [3.8, 4) is 50.2 Å². The number of anilines is 3. The maximum absolute atomic E-state index is 6.46. The highest BCUT2D eigenvalue weighted by Crippen LogP contribution is 2.43. The van der Waals surface area contributed by atoms with Gasteiger partial charge in [0.25, 0.3) is 0 Å². The second kappa shape index (κ2) is 16.7. The van der Waals surface area contributed by atoms with E-state index in [4.69, 9.17) is 4.42 Å². The highest BCUT2D eigenvalue weighted by atomic mass is 16.3. The van der Waals surface area contributed by atoms with E-state index in [2.05, 4.69) is 264 Å². The van der Waals surface area contributed by atoms with Crippen LogP contribution in [0.1, 0.15) is 0 Å². The quantitative estimate of drug-likeness (QED) is 0.142. The van der Waals surface area contributed by atoms with E-state index in [-0.39, 0.29) is 0 Å². The predicted molar refractivity (Wildman–Crippen MR) is 299 cm³/mol. The van der Waals surface area contributed by atoms with E-state index in [1.807, 2.05) is 12.1 Å². The number of furan rings is 1. The van der Waals surface area contributed by atoms with Crippen molar-refractivity contribution in [3.63, 3.8) is 0 Å². The minimum absolute atomic E-state index is 0.905. The van der Waals surface area contributed by atoms with E-state index in [9.17, 15) is 0 Å². The summed E-state index contributed by atoms with van der Waals surface area (Å²) < 4.78 is 8.90. The summed E-state index contributed by atoms with van der Waals surface area (Å²) in [5, 5.41) is 9.70. The van der Waals surface area contributed by atoms with Crippen molar-refractivity contribution < 1.29 is 4.42 Å². The van der Waals surface area contributed by atoms with E-state index in [0.29, 0.717) is 0 Å². The van der Waals surface area contributed by atoms with Gasteiger partial charge in [0.1, 0.15) is 11.2 Å². The molecule has 2 heterocycles. The molecule has 0 aliphatic carbocycles. The summed E-state index contributed by atoms with van der Waals surface area (Å²) in [5.41, 5.74) is 17.7. The third kappa shape index (κ3) is 6.89. The van der Waals surface area contributed by atoms with Crippen molar-refractivity contribution in [2.45, 2.75) is 0 Å². The van der Waals surface area contributed by atoms with Crippen molar-refractivity contribution in [2.24, 2.45) is 0 Å². The van der Waals surface area contributed by atoms with Gasteiger partial charge in [-0.2, -0.15) is 0 Å². The molecule has 0 aliphatic heterocycles. The van der Waals surface area contributed by atoms with Crippen LogP contribution < -0.4 is 4.90 Å². The molecule has 0 aliphatic rings. The number of hydrogen-bond acceptors (Lipinski definition) is 2. The fraction of sp³-hybridized carbons (Fsp3) is 0. The van der Waals surface area contributed by atoms with Crippen LogP contribution in [0.2, 0.25) is 0 Å². The molecule has 12 aromatic carbocycles.